The highest BCUT2D eigenvalue weighted by atomic mass is 32.2. The zero-order chi connectivity index (χ0) is 13.2. The molecule has 1 atom stereocenters. The summed E-state index contributed by atoms with van der Waals surface area (Å²) in [6.07, 6.45) is 2.21. The minimum atomic E-state index is -3.36. The molecule has 2 heterocycles. The van der Waals surface area contributed by atoms with Crippen LogP contribution in [0.15, 0.2) is 0 Å². The Hall–Kier alpha value is -0.660. The predicted molar refractivity (Wildman–Crippen MR) is 64.7 cm³/mol. The summed E-state index contributed by atoms with van der Waals surface area (Å²) in [5, 5.41) is 8.59. The molecule has 7 heteroatoms. The maximum atomic E-state index is 12.4. The van der Waals surface area contributed by atoms with Gasteiger partial charge in [-0.15, -0.1) is 0 Å². The molecule has 1 N–H and O–H groups in total. The molecule has 104 valence electrons. The number of carboxylic acid groups (broad SMARTS) is 1. The van der Waals surface area contributed by atoms with Gasteiger partial charge in [0.15, 0.2) is 0 Å². The fraction of sp³-hybridized carbons (Fsp3) is 0.909. The Balaban J connectivity index is 2.06. The van der Waals surface area contributed by atoms with Crippen LogP contribution < -0.4 is 0 Å². The van der Waals surface area contributed by atoms with Crippen LogP contribution >= 0.6 is 0 Å². The second-order valence-corrected chi connectivity index (χ2v) is 7.11. The first-order valence-corrected chi connectivity index (χ1v) is 7.81. The van der Waals surface area contributed by atoms with Crippen LogP contribution in [0.4, 0.5) is 0 Å². The van der Waals surface area contributed by atoms with E-state index in [2.05, 4.69) is 0 Å². The van der Waals surface area contributed by atoms with Crippen molar-refractivity contribution in [3.05, 3.63) is 0 Å². The lowest BCUT2D eigenvalue weighted by atomic mass is 10.0. The first-order chi connectivity index (χ1) is 8.51. The number of ether oxygens (including phenoxy) is 1. The van der Waals surface area contributed by atoms with Crippen LogP contribution in [0.25, 0.3) is 0 Å². The van der Waals surface area contributed by atoms with Crippen molar-refractivity contribution >= 4 is 16.0 Å². The van der Waals surface area contributed by atoms with E-state index < -0.39 is 27.2 Å². The largest absolute Gasteiger partial charge is 0.481 e. The van der Waals surface area contributed by atoms with Gasteiger partial charge in [0, 0.05) is 26.3 Å². The summed E-state index contributed by atoms with van der Waals surface area (Å²) in [4.78, 5) is 11.0. The van der Waals surface area contributed by atoms with Crippen LogP contribution in [0, 0.1) is 5.92 Å². The summed E-state index contributed by atoms with van der Waals surface area (Å²) < 4.78 is 31.3. The molecule has 0 aliphatic carbocycles. The predicted octanol–water partition coefficient (Wildman–Crippen LogP) is 0.292. The zero-order valence-corrected chi connectivity index (χ0v) is 11.1. The molecule has 1 unspecified atom stereocenters. The molecule has 0 aromatic rings. The molecular formula is C11H19NO5S. The summed E-state index contributed by atoms with van der Waals surface area (Å²) in [6.45, 7) is 1.51. The number of aliphatic carboxylic acids is 1. The minimum absolute atomic E-state index is 0.120. The van der Waals surface area contributed by atoms with E-state index in [0.717, 1.165) is 0 Å². The van der Waals surface area contributed by atoms with E-state index in [1.807, 2.05) is 0 Å². The van der Waals surface area contributed by atoms with E-state index in [4.69, 9.17) is 9.84 Å². The molecule has 6 nitrogen and oxygen atoms in total. The molecule has 0 spiro atoms. The Morgan fingerprint density at radius 1 is 1.22 bits per heavy atom. The van der Waals surface area contributed by atoms with Crippen molar-refractivity contribution < 1.29 is 23.1 Å². The van der Waals surface area contributed by atoms with Crippen LogP contribution in [0.1, 0.15) is 25.7 Å². The third-order valence-electron chi connectivity index (χ3n) is 3.68. The molecule has 0 saturated carbocycles. The van der Waals surface area contributed by atoms with Gasteiger partial charge in [-0.2, -0.15) is 0 Å². The Morgan fingerprint density at radius 3 is 2.50 bits per heavy atom. The number of carbonyl (C=O) groups is 1. The number of carboxylic acids is 1. The van der Waals surface area contributed by atoms with Crippen LogP contribution in [-0.4, -0.2) is 55.4 Å². The van der Waals surface area contributed by atoms with Gasteiger partial charge in [0.1, 0.15) is 0 Å². The summed E-state index contributed by atoms with van der Waals surface area (Å²) in [6, 6.07) is 0. The number of hydrogen-bond donors (Lipinski definition) is 1. The number of piperidine rings is 1. The van der Waals surface area contributed by atoms with Crippen LogP contribution in [0.3, 0.4) is 0 Å². The van der Waals surface area contributed by atoms with Crippen LogP contribution in [-0.2, 0) is 19.6 Å². The quantitative estimate of drug-likeness (QED) is 0.801. The number of sulfonamides is 1. The second kappa shape index (κ2) is 5.54. The van der Waals surface area contributed by atoms with Crippen molar-refractivity contribution in [3.63, 3.8) is 0 Å². The summed E-state index contributed by atoms with van der Waals surface area (Å²) in [7, 11) is -3.36. The number of nitrogens with zero attached hydrogens (tertiary/aromatic N) is 1. The average Bonchev–Trinajstić information content (AvgIpc) is 2.40. The fourth-order valence-electron chi connectivity index (χ4n) is 2.56. The van der Waals surface area contributed by atoms with Crippen molar-refractivity contribution in [3.8, 4) is 0 Å². The first-order valence-electron chi connectivity index (χ1n) is 6.31. The third-order valence-corrected chi connectivity index (χ3v) is 6.05. The lowest BCUT2D eigenvalue weighted by Gasteiger charge is -2.34. The number of hydrogen-bond acceptors (Lipinski definition) is 4. The fourth-order valence-corrected chi connectivity index (χ4v) is 4.54. The van der Waals surface area contributed by atoms with E-state index >= 15 is 0 Å². The molecule has 2 rings (SSSR count). The lowest BCUT2D eigenvalue weighted by molar-refractivity contribution is -0.142. The third kappa shape index (κ3) is 2.84. The first kappa shape index (κ1) is 13.8. The lowest BCUT2D eigenvalue weighted by Crippen LogP contribution is -2.47. The smallest absolute Gasteiger partial charge is 0.307 e. The molecule has 2 saturated heterocycles. The van der Waals surface area contributed by atoms with E-state index in [1.54, 1.807) is 0 Å². The van der Waals surface area contributed by atoms with E-state index in [0.29, 0.717) is 45.4 Å². The highest BCUT2D eigenvalue weighted by Gasteiger charge is 2.37. The Morgan fingerprint density at radius 2 is 1.89 bits per heavy atom. The SMILES string of the molecule is O=C(O)C1CCCN(S(=O)(=O)C2CCOCC2)C1. The van der Waals surface area contributed by atoms with Gasteiger partial charge in [0.2, 0.25) is 10.0 Å². The van der Waals surface area contributed by atoms with Gasteiger partial charge in [-0.1, -0.05) is 0 Å². The zero-order valence-electron chi connectivity index (χ0n) is 10.2. The molecule has 0 aromatic heterocycles. The molecule has 2 aliphatic rings. The second-order valence-electron chi connectivity index (χ2n) is 4.89. The number of rotatable bonds is 3. The van der Waals surface area contributed by atoms with Crippen molar-refractivity contribution in [1.82, 2.24) is 4.31 Å². The summed E-state index contributed by atoms with van der Waals surface area (Å²) in [5.74, 6) is -1.46. The van der Waals surface area contributed by atoms with E-state index in [1.165, 1.54) is 4.31 Å². The molecule has 2 fully saturated rings. The van der Waals surface area contributed by atoms with Crippen LogP contribution in [0.5, 0.6) is 0 Å². The highest BCUT2D eigenvalue weighted by molar-refractivity contribution is 7.89. The minimum Gasteiger partial charge on any atom is -0.481 e. The maximum Gasteiger partial charge on any atom is 0.307 e. The van der Waals surface area contributed by atoms with Gasteiger partial charge in [0.25, 0.3) is 0 Å². The average molecular weight is 277 g/mol. The highest BCUT2D eigenvalue weighted by Crippen LogP contribution is 2.25. The normalized spacial score (nSPS) is 28.1. The molecular weight excluding hydrogens is 258 g/mol. The molecule has 0 radical (unpaired) electrons. The molecule has 18 heavy (non-hydrogen) atoms. The van der Waals surface area contributed by atoms with Crippen molar-refractivity contribution in [1.29, 1.82) is 0 Å². The van der Waals surface area contributed by atoms with E-state index in [-0.39, 0.29) is 6.54 Å². The summed E-state index contributed by atoms with van der Waals surface area (Å²) >= 11 is 0. The monoisotopic (exact) mass is 277 g/mol. The topological polar surface area (TPSA) is 83.9 Å². The Bertz CT molecular complexity index is 402. The molecule has 0 amide bonds. The maximum absolute atomic E-state index is 12.4. The van der Waals surface area contributed by atoms with Crippen molar-refractivity contribution in [2.24, 2.45) is 5.92 Å². The van der Waals surface area contributed by atoms with Crippen LogP contribution in [0.2, 0.25) is 0 Å². The van der Waals surface area contributed by atoms with Gasteiger partial charge >= 0.3 is 5.97 Å². The Kier molecular flexibility index (Phi) is 4.24. The van der Waals surface area contributed by atoms with Gasteiger partial charge in [-0.05, 0) is 25.7 Å². The van der Waals surface area contributed by atoms with Gasteiger partial charge in [0.05, 0.1) is 11.2 Å². The van der Waals surface area contributed by atoms with Gasteiger partial charge < -0.3 is 9.84 Å². The van der Waals surface area contributed by atoms with Gasteiger partial charge in [-0.25, -0.2) is 12.7 Å². The Labute approximate surface area is 107 Å². The summed E-state index contributed by atoms with van der Waals surface area (Å²) in [5.41, 5.74) is 0. The van der Waals surface area contributed by atoms with E-state index in [9.17, 15) is 13.2 Å². The molecule has 0 bridgehead atoms. The van der Waals surface area contributed by atoms with Gasteiger partial charge in [-0.3, -0.25) is 4.79 Å². The standard InChI is InChI=1S/C11H19NO5S/c13-11(14)9-2-1-5-12(8-9)18(15,16)10-3-6-17-7-4-10/h9-10H,1-8H2,(H,13,14). The van der Waals surface area contributed by atoms with Crippen molar-refractivity contribution in [2.45, 2.75) is 30.9 Å². The molecule has 0 aromatic carbocycles. The molecule has 2 aliphatic heterocycles. The van der Waals surface area contributed by atoms with Crippen molar-refractivity contribution in [2.75, 3.05) is 26.3 Å².